The van der Waals surface area contributed by atoms with Crippen LogP contribution in [0.25, 0.3) is 0 Å². The summed E-state index contributed by atoms with van der Waals surface area (Å²) in [5.41, 5.74) is 2.16. The lowest BCUT2D eigenvalue weighted by Crippen LogP contribution is -2.46. The molecule has 2 aromatic rings. The van der Waals surface area contributed by atoms with Gasteiger partial charge in [0.05, 0.1) is 11.4 Å². The van der Waals surface area contributed by atoms with E-state index in [-0.39, 0.29) is 29.0 Å². The zero-order valence-electron chi connectivity index (χ0n) is 18.3. The molecule has 0 radical (unpaired) electrons. The van der Waals surface area contributed by atoms with Gasteiger partial charge in [0.2, 0.25) is 15.9 Å². The summed E-state index contributed by atoms with van der Waals surface area (Å²) in [7, 11) is -2.06. The second kappa shape index (κ2) is 9.23. The van der Waals surface area contributed by atoms with Gasteiger partial charge in [0.15, 0.2) is 0 Å². The van der Waals surface area contributed by atoms with Crippen molar-refractivity contribution in [1.82, 2.24) is 14.2 Å². The Hall–Kier alpha value is -2.65. The minimum atomic E-state index is -3.76. The number of sulfonamides is 1. The lowest BCUT2D eigenvalue weighted by atomic mass is 10.1. The maximum atomic E-state index is 12.6. The van der Waals surface area contributed by atoms with Crippen LogP contribution in [0.5, 0.6) is 5.75 Å². The van der Waals surface area contributed by atoms with Gasteiger partial charge in [-0.25, -0.2) is 13.1 Å². The molecule has 1 saturated heterocycles. The Morgan fingerprint density at radius 1 is 1.13 bits per heavy atom. The summed E-state index contributed by atoms with van der Waals surface area (Å²) in [6, 6.07) is 8.48. The number of pyridine rings is 1. The predicted molar refractivity (Wildman–Crippen MR) is 118 cm³/mol. The average molecular weight is 448 g/mol. The van der Waals surface area contributed by atoms with E-state index in [1.54, 1.807) is 35.6 Å². The van der Waals surface area contributed by atoms with Crippen LogP contribution in [-0.2, 0) is 21.9 Å². The van der Waals surface area contributed by atoms with E-state index in [1.165, 1.54) is 6.07 Å². The third-order valence-electron chi connectivity index (χ3n) is 5.62. The maximum absolute atomic E-state index is 12.6. The molecule has 0 saturated carbocycles. The summed E-state index contributed by atoms with van der Waals surface area (Å²) >= 11 is 0. The van der Waals surface area contributed by atoms with E-state index in [1.807, 2.05) is 26.0 Å². The molecule has 0 bridgehead atoms. The van der Waals surface area contributed by atoms with Gasteiger partial charge in [-0.05, 0) is 44.0 Å². The molecular formula is C22H29N3O5S. The van der Waals surface area contributed by atoms with Crippen LogP contribution < -0.4 is 15.0 Å². The van der Waals surface area contributed by atoms with Crippen molar-refractivity contribution in [3.05, 3.63) is 57.5 Å². The van der Waals surface area contributed by atoms with Crippen molar-refractivity contribution in [1.29, 1.82) is 0 Å². The van der Waals surface area contributed by atoms with E-state index in [9.17, 15) is 18.0 Å². The standard InChI is InChI=1S/C22H29N3O5S/c1-15-5-6-16(2)20(11-15)31(28,29)23-14-22(27)25-9-7-18(8-10-25)30-19-12-17(3)24(4)21(26)13-19/h5-6,11-13,18,23H,7-10,14H2,1-4H3. The van der Waals surface area contributed by atoms with Crippen LogP contribution in [0.15, 0.2) is 40.0 Å². The van der Waals surface area contributed by atoms with Gasteiger partial charge in [-0.2, -0.15) is 0 Å². The highest BCUT2D eigenvalue weighted by molar-refractivity contribution is 7.89. The van der Waals surface area contributed by atoms with Crippen LogP contribution in [0.2, 0.25) is 0 Å². The Morgan fingerprint density at radius 3 is 2.45 bits per heavy atom. The molecule has 0 aliphatic carbocycles. The molecular weight excluding hydrogens is 418 g/mol. The van der Waals surface area contributed by atoms with Crippen molar-refractivity contribution in [2.45, 2.75) is 44.6 Å². The van der Waals surface area contributed by atoms with Crippen molar-refractivity contribution < 1.29 is 17.9 Å². The van der Waals surface area contributed by atoms with Crippen molar-refractivity contribution in [2.75, 3.05) is 19.6 Å². The van der Waals surface area contributed by atoms with Gasteiger partial charge < -0.3 is 14.2 Å². The zero-order valence-corrected chi connectivity index (χ0v) is 19.2. The highest BCUT2D eigenvalue weighted by Crippen LogP contribution is 2.19. The SMILES string of the molecule is Cc1ccc(C)c(S(=O)(=O)NCC(=O)N2CCC(Oc3cc(C)n(C)c(=O)c3)CC2)c1. The van der Waals surface area contributed by atoms with E-state index < -0.39 is 10.0 Å². The monoisotopic (exact) mass is 447 g/mol. The quantitative estimate of drug-likeness (QED) is 0.726. The number of ether oxygens (including phenoxy) is 1. The van der Waals surface area contributed by atoms with Crippen LogP contribution in [0.1, 0.15) is 29.7 Å². The van der Waals surface area contributed by atoms with E-state index in [4.69, 9.17) is 4.74 Å². The van der Waals surface area contributed by atoms with Crippen molar-refractivity contribution in [2.24, 2.45) is 7.05 Å². The molecule has 1 aromatic heterocycles. The number of nitrogens with one attached hydrogen (secondary N) is 1. The van der Waals surface area contributed by atoms with Crippen LogP contribution in [0.4, 0.5) is 0 Å². The number of nitrogens with zero attached hydrogens (tertiary/aromatic N) is 2. The van der Waals surface area contributed by atoms with Gasteiger partial charge in [0.1, 0.15) is 11.9 Å². The summed E-state index contributed by atoms with van der Waals surface area (Å²) in [5.74, 6) is 0.267. The summed E-state index contributed by atoms with van der Waals surface area (Å²) in [4.78, 5) is 26.3. The molecule has 1 aliphatic rings. The fraction of sp³-hybridized carbons (Fsp3) is 0.455. The first-order valence-corrected chi connectivity index (χ1v) is 11.7. The molecule has 8 nitrogen and oxygen atoms in total. The summed E-state index contributed by atoms with van der Waals surface area (Å²) in [5, 5.41) is 0. The number of hydrogen-bond acceptors (Lipinski definition) is 5. The van der Waals surface area contributed by atoms with Crippen molar-refractivity contribution >= 4 is 15.9 Å². The fourth-order valence-corrected chi connectivity index (χ4v) is 4.87. The Labute approximate surface area is 182 Å². The van der Waals surface area contributed by atoms with Gasteiger partial charge in [0, 0.05) is 44.7 Å². The summed E-state index contributed by atoms with van der Waals surface area (Å²) < 4.78 is 35.1. The molecule has 1 aromatic carbocycles. The van der Waals surface area contributed by atoms with Gasteiger partial charge in [0.25, 0.3) is 5.56 Å². The van der Waals surface area contributed by atoms with Gasteiger partial charge in [-0.1, -0.05) is 12.1 Å². The van der Waals surface area contributed by atoms with Crippen molar-refractivity contribution in [3.8, 4) is 5.75 Å². The zero-order chi connectivity index (χ0) is 22.8. The topological polar surface area (TPSA) is 97.7 Å². The average Bonchev–Trinajstić information content (AvgIpc) is 2.72. The van der Waals surface area contributed by atoms with Crippen LogP contribution in [0.3, 0.4) is 0 Å². The molecule has 2 heterocycles. The van der Waals surface area contributed by atoms with E-state index in [2.05, 4.69) is 4.72 Å². The molecule has 9 heteroatoms. The molecule has 1 N–H and O–H groups in total. The molecule has 168 valence electrons. The molecule has 0 unspecified atom stereocenters. The third-order valence-corrected chi connectivity index (χ3v) is 7.16. The first-order chi connectivity index (χ1) is 14.6. The minimum Gasteiger partial charge on any atom is -0.490 e. The molecule has 0 spiro atoms. The summed E-state index contributed by atoms with van der Waals surface area (Å²) in [6.07, 6.45) is 1.13. The Morgan fingerprint density at radius 2 is 1.81 bits per heavy atom. The highest BCUT2D eigenvalue weighted by atomic mass is 32.2. The Balaban J connectivity index is 1.53. The van der Waals surface area contributed by atoms with Gasteiger partial charge >= 0.3 is 0 Å². The van der Waals surface area contributed by atoms with E-state index in [0.717, 1.165) is 11.3 Å². The number of amides is 1. The second-order valence-electron chi connectivity index (χ2n) is 8.02. The highest BCUT2D eigenvalue weighted by Gasteiger charge is 2.26. The Bertz CT molecular complexity index is 1130. The molecule has 31 heavy (non-hydrogen) atoms. The summed E-state index contributed by atoms with van der Waals surface area (Å²) in [6.45, 7) is 6.05. The fourth-order valence-electron chi connectivity index (χ4n) is 3.56. The lowest BCUT2D eigenvalue weighted by Gasteiger charge is -2.32. The Kier molecular flexibility index (Phi) is 6.86. The van der Waals surface area contributed by atoms with Crippen molar-refractivity contribution in [3.63, 3.8) is 0 Å². The van der Waals surface area contributed by atoms with E-state index >= 15 is 0 Å². The molecule has 1 fully saturated rings. The number of aromatic nitrogens is 1. The number of hydrogen-bond donors (Lipinski definition) is 1. The minimum absolute atomic E-state index is 0.0952. The largest absolute Gasteiger partial charge is 0.490 e. The number of carbonyl (C=O) groups is 1. The first kappa shape index (κ1) is 23.0. The molecule has 1 aliphatic heterocycles. The number of carbonyl (C=O) groups excluding carboxylic acids is 1. The number of rotatable bonds is 6. The number of piperidine rings is 1. The van der Waals surface area contributed by atoms with E-state index in [0.29, 0.717) is 37.2 Å². The number of benzene rings is 1. The second-order valence-corrected chi connectivity index (χ2v) is 9.76. The molecule has 3 rings (SSSR count). The van der Waals surface area contributed by atoms with Gasteiger partial charge in [-0.3, -0.25) is 9.59 Å². The smallest absolute Gasteiger partial charge is 0.254 e. The van der Waals surface area contributed by atoms with Crippen LogP contribution in [0, 0.1) is 20.8 Å². The molecule has 1 amide bonds. The first-order valence-electron chi connectivity index (χ1n) is 10.3. The maximum Gasteiger partial charge on any atom is 0.254 e. The third kappa shape index (κ3) is 5.54. The normalized spacial score (nSPS) is 15.2. The number of aryl methyl sites for hydroxylation is 3. The van der Waals surface area contributed by atoms with Gasteiger partial charge in [-0.15, -0.1) is 0 Å². The predicted octanol–water partition coefficient (Wildman–Crippen LogP) is 1.66. The van der Waals surface area contributed by atoms with Crippen LogP contribution in [-0.4, -0.2) is 49.5 Å². The number of likely N-dealkylation sites (tertiary alicyclic amines) is 1. The lowest BCUT2D eigenvalue weighted by molar-refractivity contribution is -0.131. The van der Waals surface area contributed by atoms with Crippen LogP contribution >= 0.6 is 0 Å². The molecule has 0 atom stereocenters.